The van der Waals surface area contributed by atoms with Gasteiger partial charge in [0.25, 0.3) is 0 Å². The first-order chi connectivity index (χ1) is 22.3. The van der Waals surface area contributed by atoms with E-state index in [1.165, 1.54) is 44.5 Å². The van der Waals surface area contributed by atoms with Crippen LogP contribution in [0.25, 0.3) is 66.9 Å². The number of aromatic nitrogens is 2. The molecule has 0 unspecified atom stereocenters. The quantitative estimate of drug-likeness (QED) is 0.203. The first kappa shape index (κ1) is 28.2. The molecular weight excluding hydrogens is 556 g/mol. The van der Waals surface area contributed by atoms with Crippen LogP contribution < -0.4 is 0 Å². The summed E-state index contributed by atoms with van der Waals surface area (Å²) in [6.45, 7) is 9.53. The van der Waals surface area contributed by atoms with Crippen molar-refractivity contribution in [2.75, 3.05) is 0 Å². The highest BCUT2D eigenvalue weighted by Gasteiger charge is 2.46. The fourth-order valence-electron chi connectivity index (χ4n) is 7.13. The molecule has 7 aromatic rings. The number of benzene rings is 6. The van der Waals surface area contributed by atoms with E-state index in [0.717, 1.165) is 33.5 Å². The summed E-state index contributed by atoms with van der Waals surface area (Å²) in [5.41, 5.74) is 14.0. The molecule has 0 bridgehead atoms. The summed E-state index contributed by atoms with van der Waals surface area (Å²) in [6.07, 6.45) is 0. The van der Waals surface area contributed by atoms with Crippen molar-refractivity contribution in [3.63, 3.8) is 0 Å². The van der Waals surface area contributed by atoms with E-state index in [9.17, 15) is 0 Å². The van der Waals surface area contributed by atoms with Gasteiger partial charge in [-0.15, -0.1) is 0 Å². The maximum absolute atomic E-state index is 5.19. The van der Waals surface area contributed by atoms with Gasteiger partial charge in [-0.25, -0.2) is 9.97 Å². The van der Waals surface area contributed by atoms with Crippen molar-refractivity contribution in [3.8, 4) is 56.0 Å². The van der Waals surface area contributed by atoms with E-state index in [0.29, 0.717) is 0 Å². The predicted octanol–water partition coefficient (Wildman–Crippen LogP) is 11.5. The molecule has 0 fully saturated rings. The minimum atomic E-state index is -0.126. The van der Waals surface area contributed by atoms with Crippen molar-refractivity contribution in [3.05, 3.63) is 157 Å². The van der Waals surface area contributed by atoms with Crippen LogP contribution in [0.4, 0.5) is 0 Å². The van der Waals surface area contributed by atoms with Gasteiger partial charge < -0.3 is 0 Å². The molecule has 1 aliphatic carbocycles. The highest BCUT2D eigenvalue weighted by molar-refractivity contribution is 5.94. The molecule has 8 rings (SSSR count). The normalized spacial score (nSPS) is 14.4. The van der Waals surface area contributed by atoms with Gasteiger partial charge in [-0.1, -0.05) is 149 Å². The zero-order valence-corrected chi connectivity index (χ0v) is 26.8. The second kappa shape index (κ2) is 10.6. The number of rotatable bonds is 4. The molecule has 0 radical (unpaired) electrons. The molecule has 222 valence electrons. The van der Waals surface area contributed by atoms with E-state index < -0.39 is 0 Å². The fraction of sp³-hybridized carbons (Fsp3) is 0.136. The largest absolute Gasteiger partial charge is 0.228 e. The lowest BCUT2D eigenvalue weighted by molar-refractivity contribution is 0.299. The van der Waals surface area contributed by atoms with Crippen LogP contribution in [0.1, 0.15) is 38.8 Å². The lowest BCUT2D eigenvalue weighted by atomic mass is 9.55. The van der Waals surface area contributed by atoms with Crippen LogP contribution in [0.2, 0.25) is 0 Å². The van der Waals surface area contributed by atoms with Crippen molar-refractivity contribution in [2.24, 2.45) is 0 Å². The second-order valence-corrected chi connectivity index (χ2v) is 13.5. The van der Waals surface area contributed by atoms with Gasteiger partial charge in [0.2, 0.25) is 0 Å². The molecule has 0 spiro atoms. The average molecular weight is 593 g/mol. The van der Waals surface area contributed by atoms with Gasteiger partial charge in [0.05, 0.1) is 11.2 Å². The number of para-hydroxylation sites is 1. The fourth-order valence-corrected chi connectivity index (χ4v) is 7.13. The third-order valence-electron chi connectivity index (χ3n) is 10.5. The van der Waals surface area contributed by atoms with E-state index in [1.54, 1.807) is 0 Å². The van der Waals surface area contributed by atoms with E-state index in [2.05, 4.69) is 167 Å². The van der Waals surface area contributed by atoms with Crippen molar-refractivity contribution >= 4 is 10.9 Å². The Balaban J connectivity index is 1.28. The summed E-state index contributed by atoms with van der Waals surface area (Å²) in [7, 11) is 0. The molecule has 1 aliphatic rings. The molecule has 2 heteroatoms. The first-order valence-corrected chi connectivity index (χ1v) is 16.1. The summed E-state index contributed by atoms with van der Waals surface area (Å²) < 4.78 is 0. The Morgan fingerprint density at radius 1 is 0.391 bits per heavy atom. The van der Waals surface area contributed by atoms with Gasteiger partial charge in [-0.05, 0) is 79.6 Å². The molecule has 0 N–H and O–H groups in total. The van der Waals surface area contributed by atoms with Crippen LogP contribution in [0.5, 0.6) is 0 Å². The summed E-state index contributed by atoms with van der Waals surface area (Å²) >= 11 is 0. The van der Waals surface area contributed by atoms with Crippen molar-refractivity contribution < 1.29 is 0 Å². The van der Waals surface area contributed by atoms with Gasteiger partial charge in [0.15, 0.2) is 5.82 Å². The van der Waals surface area contributed by atoms with Crippen LogP contribution in [0.3, 0.4) is 0 Å². The highest BCUT2D eigenvalue weighted by atomic mass is 14.9. The number of hydrogen-bond donors (Lipinski definition) is 0. The minimum absolute atomic E-state index is 0.0994. The van der Waals surface area contributed by atoms with Crippen molar-refractivity contribution in [1.29, 1.82) is 0 Å². The molecule has 0 aliphatic heterocycles. The minimum Gasteiger partial charge on any atom is -0.228 e. The third-order valence-corrected chi connectivity index (χ3v) is 10.5. The Hall–Kier alpha value is -5.34. The van der Waals surface area contributed by atoms with Crippen molar-refractivity contribution in [2.45, 2.75) is 38.5 Å². The summed E-state index contributed by atoms with van der Waals surface area (Å²) in [5.74, 6) is 0.756. The van der Waals surface area contributed by atoms with E-state index in [-0.39, 0.29) is 10.8 Å². The number of fused-ring (bicyclic) bond motifs is 4. The Labute approximate surface area is 271 Å². The lowest BCUT2D eigenvalue weighted by Gasteiger charge is -2.48. The van der Waals surface area contributed by atoms with E-state index in [1.807, 2.05) is 6.07 Å². The molecule has 46 heavy (non-hydrogen) atoms. The number of nitrogens with zero attached hydrogens (tertiary/aromatic N) is 2. The molecule has 6 aromatic carbocycles. The van der Waals surface area contributed by atoms with Crippen LogP contribution >= 0.6 is 0 Å². The molecular formula is C44H36N2. The molecule has 0 saturated carbocycles. The molecule has 1 heterocycles. The van der Waals surface area contributed by atoms with Gasteiger partial charge in [0.1, 0.15) is 0 Å². The average Bonchev–Trinajstić information content (AvgIpc) is 3.11. The number of hydrogen-bond acceptors (Lipinski definition) is 2. The summed E-state index contributed by atoms with van der Waals surface area (Å²) in [6, 6.07) is 52.1. The molecule has 2 nitrogen and oxygen atoms in total. The zero-order chi connectivity index (χ0) is 31.5. The third kappa shape index (κ3) is 4.48. The van der Waals surface area contributed by atoms with Gasteiger partial charge in [-0.2, -0.15) is 0 Å². The summed E-state index contributed by atoms with van der Waals surface area (Å²) in [5, 5.41) is 1.06. The van der Waals surface area contributed by atoms with Crippen LogP contribution in [-0.4, -0.2) is 9.97 Å². The van der Waals surface area contributed by atoms with Gasteiger partial charge in [-0.3, -0.25) is 0 Å². The smallest absolute Gasteiger partial charge is 0.160 e. The van der Waals surface area contributed by atoms with Crippen LogP contribution in [0.15, 0.2) is 146 Å². The lowest BCUT2D eigenvalue weighted by Crippen LogP contribution is -2.43. The maximum atomic E-state index is 5.19. The molecule has 0 amide bonds. The highest BCUT2D eigenvalue weighted by Crippen LogP contribution is 2.55. The molecule has 0 atom stereocenters. The van der Waals surface area contributed by atoms with Gasteiger partial charge in [0, 0.05) is 16.5 Å². The Morgan fingerprint density at radius 2 is 0.978 bits per heavy atom. The second-order valence-electron chi connectivity index (χ2n) is 13.5. The zero-order valence-electron chi connectivity index (χ0n) is 26.8. The SMILES string of the molecule is CC1(C)c2ccc(-c3cccc(-c4ccccc4)c3)cc2-c2ccc(-c3nc(-c4ccccc4)c4ccccc4n3)cc2C1(C)C. The van der Waals surface area contributed by atoms with E-state index in [4.69, 9.17) is 9.97 Å². The Morgan fingerprint density at radius 3 is 1.74 bits per heavy atom. The Bertz CT molecular complexity index is 2240. The summed E-state index contributed by atoms with van der Waals surface area (Å²) in [4.78, 5) is 10.3. The standard InChI is InChI=1S/C44H36N2/c1-43(2)38-25-23-33(32-19-13-18-31(26-32)29-14-7-5-8-15-29)27-37(38)35-24-22-34(28-39(35)44(43,3)4)42-45-40-21-12-11-20-36(40)41(46-42)30-16-9-6-10-17-30/h5-28H,1-4H3. The first-order valence-electron chi connectivity index (χ1n) is 16.1. The van der Waals surface area contributed by atoms with Gasteiger partial charge >= 0.3 is 0 Å². The maximum Gasteiger partial charge on any atom is 0.160 e. The van der Waals surface area contributed by atoms with Crippen molar-refractivity contribution in [1.82, 2.24) is 9.97 Å². The monoisotopic (exact) mass is 592 g/mol. The topological polar surface area (TPSA) is 25.8 Å². The molecule has 1 aromatic heterocycles. The Kier molecular flexibility index (Phi) is 6.51. The van der Waals surface area contributed by atoms with Crippen LogP contribution in [0, 0.1) is 0 Å². The van der Waals surface area contributed by atoms with Crippen LogP contribution in [-0.2, 0) is 10.8 Å². The van der Waals surface area contributed by atoms with E-state index >= 15 is 0 Å². The predicted molar refractivity (Wildman–Crippen MR) is 193 cm³/mol. The molecule has 0 saturated heterocycles.